The van der Waals surface area contributed by atoms with Crippen LogP contribution in [0.1, 0.15) is 48.9 Å². The molecule has 8 N–H and O–H groups in total. The fourth-order valence-electron chi connectivity index (χ4n) is 4.47. The van der Waals surface area contributed by atoms with Gasteiger partial charge in [0.1, 0.15) is 6.04 Å². The van der Waals surface area contributed by atoms with Gasteiger partial charge in [0.2, 0.25) is 27.7 Å². The highest BCUT2D eigenvalue weighted by atomic mass is 32.2. The highest BCUT2D eigenvalue weighted by molar-refractivity contribution is 7.89. The van der Waals surface area contributed by atoms with Crippen molar-refractivity contribution in [2.45, 2.75) is 55.5 Å². The molecule has 0 spiro atoms. The Morgan fingerprint density at radius 1 is 1.13 bits per heavy atom. The summed E-state index contributed by atoms with van der Waals surface area (Å²) in [5, 5.41) is 19.5. The number of nitrogens with one attached hydrogen (secondary N) is 3. The molecule has 214 valence electrons. The van der Waals surface area contributed by atoms with Gasteiger partial charge in [-0.05, 0) is 55.9 Å². The van der Waals surface area contributed by atoms with Gasteiger partial charge in [-0.1, -0.05) is 0 Å². The fraction of sp³-hybridized carbons (Fsp3) is 0.542. The summed E-state index contributed by atoms with van der Waals surface area (Å²) in [5.41, 5.74) is 10.9. The lowest BCUT2D eigenvalue weighted by Gasteiger charge is -2.33. The third kappa shape index (κ3) is 8.64. The van der Waals surface area contributed by atoms with Gasteiger partial charge < -0.3 is 31.7 Å². The second kappa shape index (κ2) is 12.9. The number of amides is 3. The number of carboxylic acids is 1. The molecule has 14 nitrogen and oxygen atoms in total. The fourth-order valence-corrected chi connectivity index (χ4v) is 5.66. The molecule has 0 radical (unpaired) electrons. The predicted octanol–water partition coefficient (Wildman–Crippen LogP) is -0.990. The van der Waals surface area contributed by atoms with E-state index in [-0.39, 0.29) is 47.9 Å². The van der Waals surface area contributed by atoms with Crippen LogP contribution >= 0.6 is 0 Å². The number of sulfonamides is 1. The molecule has 1 saturated heterocycles. The van der Waals surface area contributed by atoms with E-state index >= 15 is 0 Å². The van der Waals surface area contributed by atoms with E-state index in [0.29, 0.717) is 25.9 Å². The van der Waals surface area contributed by atoms with Gasteiger partial charge in [-0.15, -0.1) is 0 Å². The second-order valence-electron chi connectivity index (χ2n) is 9.82. The number of carbonyl (C=O) groups is 4. The van der Waals surface area contributed by atoms with Gasteiger partial charge in [0.05, 0.1) is 17.7 Å². The van der Waals surface area contributed by atoms with Crippen LogP contribution in [0.3, 0.4) is 0 Å². The van der Waals surface area contributed by atoms with Crippen LogP contribution in [0.5, 0.6) is 0 Å². The van der Waals surface area contributed by atoms with Crippen molar-refractivity contribution in [2.75, 3.05) is 26.2 Å². The number of primary amides is 1. The van der Waals surface area contributed by atoms with Crippen LogP contribution < -0.4 is 21.5 Å². The Labute approximate surface area is 226 Å². The first-order chi connectivity index (χ1) is 18.4. The number of hydrogen-bond acceptors (Lipinski definition) is 7. The van der Waals surface area contributed by atoms with Crippen molar-refractivity contribution >= 4 is 39.7 Å². The Morgan fingerprint density at radius 3 is 2.36 bits per heavy atom. The van der Waals surface area contributed by atoms with Gasteiger partial charge in [0.15, 0.2) is 5.96 Å². The lowest BCUT2D eigenvalue weighted by Crippen LogP contribution is -2.52. The third-order valence-corrected chi connectivity index (χ3v) is 8.21. The molecule has 1 aliphatic carbocycles. The molecule has 3 amide bonds. The van der Waals surface area contributed by atoms with Gasteiger partial charge >= 0.3 is 5.97 Å². The average Bonchev–Trinajstić information content (AvgIpc) is 3.72. The summed E-state index contributed by atoms with van der Waals surface area (Å²) < 4.78 is 28.6. The number of hydrogen-bond donors (Lipinski definition) is 6. The highest BCUT2D eigenvalue weighted by Gasteiger charge is 2.38. The summed E-state index contributed by atoms with van der Waals surface area (Å²) in [6, 6.07) is 3.09. The lowest BCUT2D eigenvalue weighted by molar-refractivity contribution is -0.140. The van der Waals surface area contributed by atoms with Crippen LogP contribution in [-0.2, 0) is 24.4 Å². The van der Waals surface area contributed by atoms with E-state index < -0.39 is 46.2 Å². The maximum absolute atomic E-state index is 13.5. The van der Waals surface area contributed by atoms with Gasteiger partial charge in [0.25, 0.3) is 0 Å². The van der Waals surface area contributed by atoms with E-state index in [4.69, 9.17) is 22.0 Å². The zero-order chi connectivity index (χ0) is 28.7. The van der Waals surface area contributed by atoms with Crippen LogP contribution in [0.4, 0.5) is 0 Å². The van der Waals surface area contributed by atoms with Crippen molar-refractivity contribution in [3.05, 3.63) is 29.8 Å². The van der Waals surface area contributed by atoms with Crippen molar-refractivity contribution in [2.24, 2.45) is 17.4 Å². The third-order valence-electron chi connectivity index (χ3n) is 6.72. The smallest absolute Gasteiger partial charge is 0.305 e. The number of piperidine rings is 1. The molecule has 2 aliphatic rings. The minimum Gasteiger partial charge on any atom is -0.481 e. The summed E-state index contributed by atoms with van der Waals surface area (Å²) >= 11 is 0. The van der Waals surface area contributed by atoms with E-state index in [1.54, 1.807) is 4.90 Å². The monoisotopic (exact) mass is 565 g/mol. The molecular weight excluding hydrogens is 530 g/mol. The van der Waals surface area contributed by atoms with Gasteiger partial charge in [-0.3, -0.25) is 24.6 Å². The van der Waals surface area contributed by atoms with E-state index in [0.717, 1.165) is 25.0 Å². The standard InChI is InChI=1S/C24H35N7O7S/c25-22(35)16-3-7-18(8-4-16)39(37,38)29-19(23(36)31(17-5-6-17)11-9-21(33)34)12-20(32)28-13-15-2-1-10-30(14-15)24(26)27/h3-4,7-8,15,17,19,29H,1-2,5-6,9-14H2,(H2,25,35)(H3,26,27)(H,28,32)(H,33,34)/t15-,19-/m0/s1. The number of carbonyl (C=O) groups excluding carboxylic acids is 3. The number of likely N-dealkylation sites (tertiary alicyclic amines) is 1. The van der Waals surface area contributed by atoms with E-state index in [1.165, 1.54) is 17.0 Å². The first-order valence-corrected chi connectivity index (χ1v) is 14.2. The summed E-state index contributed by atoms with van der Waals surface area (Å²) in [6.45, 7) is 1.30. The number of guanidine groups is 1. The number of nitrogens with zero attached hydrogens (tertiary/aromatic N) is 2. The first kappa shape index (κ1) is 29.8. The van der Waals surface area contributed by atoms with E-state index in [9.17, 15) is 27.6 Å². The van der Waals surface area contributed by atoms with Crippen LogP contribution in [0.25, 0.3) is 0 Å². The maximum Gasteiger partial charge on any atom is 0.305 e. The van der Waals surface area contributed by atoms with Gasteiger partial charge in [0, 0.05) is 37.8 Å². The van der Waals surface area contributed by atoms with Crippen molar-refractivity contribution in [3.63, 3.8) is 0 Å². The Bertz CT molecular complexity index is 1200. The number of rotatable bonds is 13. The normalized spacial score (nSPS) is 18.2. The molecule has 15 heteroatoms. The van der Waals surface area contributed by atoms with Crippen LogP contribution in [0.2, 0.25) is 0 Å². The molecule has 1 aromatic carbocycles. The SMILES string of the molecule is N=C(N)N1CCC[C@@H](CNC(=O)C[C@H](NS(=O)(=O)c2ccc(C(N)=O)cc2)C(=O)N(CCC(=O)O)C2CC2)C1. The molecule has 1 heterocycles. The van der Waals surface area contributed by atoms with Gasteiger partial charge in [-0.25, -0.2) is 8.42 Å². The summed E-state index contributed by atoms with van der Waals surface area (Å²) in [4.78, 5) is 51.6. The van der Waals surface area contributed by atoms with Crippen LogP contribution in [0.15, 0.2) is 29.2 Å². The summed E-state index contributed by atoms with van der Waals surface area (Å²) in [5.74, 6) is -3.11. The van der Waals surface area contributed by atoms with E-state index in [2.05, 4.69) is 10.0 Å². The minimum atomic E-state index is -4.31. The van der Waals surface area contributed by atoms with Crippen molar-refractivity contribution < 1.29 is 32.7 Å². The molecule has 1 aliphatic heterocycles. The van der Waals surface area contributed by atoms with E-state index in [1.807, 2.05) is 0 Å². The zero-order valence-electron chi connectivity index (χ0n) is 21.5. The molecule has 1 aromatic rings. The molecule has 0 unspecified atom stereocenters. The number of carboxylic acid groups (broad SMARTS) is 1. The van der Waals surface area contributed by atoms with Crippen molar-refractivity contribution in [3.8, 4) is 0 Å². The molecule has 39 heavy (non-hydrogen) atoms. The highest BCUT2D eigenvalue weighted by Crippen LogP contribution is 2.28. The molecule has 0 bridgehead atoms. The first-order valence-electron chi connectivity index (χ1n) is 12.7. The maximum atomic E-state index is 13.5. The summed E-state index contributed by atoms with van der Waals surface area (Å²) in [7, 11) is -4.31. The number of aliphatic carboxylic acids is 1. The Hall–Kier alpha value is -3.72. The second-order valence-corrected chi connectivity index (χ2v) is 11.5. The topological polar surface area (TPSA) is 229 Å². The predicted molar refractivity (Wildman–Crippen MR) is 140 cm³/mol. The summed E-state index contributed by atoms with van der Waals surface area (Å²) in [6.07, 6.45) is 2.09. The van der Waals surface area contributed by atoms with Crippen LogP contribution in [-0.4, -0.2) is 91.2 Å². The molecule has 1 saturated carbocycles. The Balaban J connectivity index is 1.75. The number of benzene rings is 1. The lowest BCUT2D eigenvalue weighted by atomic mass is 9.98. The zero-order valence-corrected chi connectivity index (χ0v) is 22.3. The van der Waals surface area contributed by atoms with Crippen molar-refractivity contribution in [1.82, 2.24) is 19.8 Å². The largest absolute Gasteiger partial charge is 0.481 e. The van der Waals surface area contributed by atoms with Crippen LogP contribution in [0, 0.1) is 11.3 Å². The molecule has 3 rings (SSSR count). The quantitative estimate of drug-likeness (QED) is 0.127. The number of nitrogens with two attached hydrogens (primary N) is 2. The Kier molecular flexibility index (Phi) is 9.86. The minimum absolute atomic E-state index is 0.0275. The molecular formula is C24H35N7O7S. The Morgan fingerprint density at radius 2 is 1.79 bits per heavy atom. The van der Waals surface area contributed by atoms with Crippen molar-refractivity contribution in [1.29, 1.82) is 5.41 Å². The molecule has 2 fully saturated rings. The average molecular weight is 566 g/mol. The molecule has 2 atom stereocenters. The van der Waals surface area contributed by atoms with Gasteiger partial charge in [-0.2, -0.15) is 4.72 Å². The molecule has 0 aromatic heterocycles.